The highest BCUT2D eigenvalue weighted by atomic mass is 16.5. The molecular formula is C22H25NO5. The lowest BCUT2D eigenvalue weighted by Crippen LogP contribution is -2.43. The van der Waals surface area contributed by atoms with E-state index in [0.29, 0.717) is 12.8 Å². The topological polar surface area (TPSA) is 81.7 Å². The molecule has 0 aliphatic heterocycles. The van der Waals surface area contributed by atoms with E-state index in [1.807, 2.05) is 54.6 Å². The number of rotatable bonds is 10. The van der Waals surface area contributed by atoms with Crippen LogP contribution in [-0.2, 0) is 32.0 Å². The number of carbonyl (C=O) groups is 3. The Labute approximate surface area is 164 Å². The van der Waals surface area contributed by atoms with Crippen LogP contribution in [0, 0.1) is 0 Å². The van der Waals surface area contributed by atoms with Gasteiger partial charge in [-0.05, 0) is 43.0 Å². The van der Waals surface area contributed by atoms with Crippen molar-refractivity contribution < 1.29 is 23.9 Å². The van der Waals surface area contributed by atoms with Crippen molar-refractivity contribution in [3.8, 4) is 5.75 Å². The molecule has 0 bridgehead atoms. The van der Waals surface area contributed by atoms with E-state index in [4.69, 9.17) is 9.47 Å². The summed E-state index contributed by atoms with van der Waals surface area (Å²) in [6.45, 7) is 1.02. The Balaban J connectivity index is 1.74. The summed E-state index contributed by atoms with van der Waals surface area (Å²) < 4.78 is 10.1. The van der Waals surface area contributed by atoms with Crippen molar-refractivity contribution in [3.05, 3.63) is 65.7 Å². The number of methoxy groups -OCH3 is 1. The van der Waals surface area contributed by atoms with Gasteiger partial charge in [-0.2, -0.15) is 0 Å². The molecule has 0 fully saturated rings. The number of ketones is 1. The van der Waals surface area contributed by atoms with E-state index >= 15 is 0 Å². The van der Waals surface area contributed by atoms with Crippen LogP contribution in [0.2, 0.25) is 0 Å². The molecule has 148 valence electrons. The number of carbonyl (C=O) groups excluding carboxylic acids is 3. The summed E-state index contributed by atoms with van der Waals surface area (Å²) in [5.41, 5.74) is 1.92. The van der Waals surface area contributed by atoms with Crippen molar-refractivity contribution in [1.29, 1.82) is 0 Å². The highest BCUT2D eigenvalue weighted by Gasteiger charge is 2.18. The fourth-order valence-electron chi connectivity index (χ4n) is 2.64. The van der Waals surface area contributed by atoms with Crippen molar-refractivity contribution in [2.75, 3.05) is 13.7 Å². The maximum Gasteiger partial charge on any atom is 0.306 e. The van der Waals surface area contributed by atoms with Crippen LogP contribution in [0.25, 0.3) is 0 Å². The van der Waals surface area contributed by atoms with Gasteiger partial charge in [0, 0.05) is 6.42 Å². The molecule has 2 aromatic carbocycles. The molecule has 28 heavy (non-hydrogen) atoms. The summed E-state index contributed by atoms with van der Waals surface area (Å²) in [4.78, 5) is 35.7. The Morgan fingerprint density at radius 1 is 0.964 bits per heavy atom. The Morgan fingerprint density at radius 3 is 2.25 bits per heavy atom. The number of ether oxygens (including phenoxy) is 2. The van der Waals surface area contributed by atoms with Crippen LogP contribution in [0.1, 0.15) is 24.5 Å². The molecule has 0 aromatic heterocycles. The maximum atomic E-state index is 12.0. The summed E-state index contributed by atoms with van der Waals surface area (Å²) in [5, 5.41) is 2.63. The summed E-state index contributed by atoms with van der Waals surface area (Å²) in [5.74, 6) is -0.358. The second kappa shape index (κ2) is 10.9. The van der Waals surface area contributed by atoms with Crippen LogP contribution >= 0.6 is 0 Å². The minimum absolute atomic E-state index is 0.150. The Hall–Kier alpha value is -3.15. The monoisotopic (exact) mass is 383 g/mol. The van der Waals surface area contributed by atoms with E-state index < -0.39 is 24.5 Å². The molecule has 0 saturated heterocycles. The molecule has 0 aliphatic carbocycles. The number of amides is 1. The average Bonchev–Trinajstić information content (AvgIpc) is 2.71. The molecule has 1 amide bonds. The molecule has 6 heteroatoms. The molecule has 0 heterocycles. The highest BCUT2D eigenvalue weighted by Crippen LogP contribution is 2.12. The first-order valence-electron chi connectivity index (χ1n) is 9.10. The zero-order valence-corrected chi connectivity index (χ0v) is 16.1. The third-order valence-electron chi connectivity index (χ3n) is 4.25. The lowest BCUT2D eigenvalue weighted by Gasteiger charge is -2.16. The first-order chi connectivity index (χ1) is 13.5. The van der Waals surface area contributed by atoms with E-state index in [1.54, 1.807) is 7.11 Å². The predicted molar refractivity (Wildman–Crippen MR) is 105 cm³/mol. The molecule has 0 saturated carbocycles. The molecule has 1 atom stereocenters. The van der Waals surface area contributed by atoms with Gasteiger partial charge < -0.3 is 14.8 Å². The van der Waals surface area contributed by atoms with Gasteiger partial charge in [-0.1, -0.05) is 42.5 Å². The van der Waals surface area contributed by atoms with Crippen molar-refractivity contribution in [3.63, 3.8) is 0 Å². The van der Waals surface area contributed by atoms with Gasteiger partial charge in [-0.25, -0.2) is 0 Å². The Kier molecular flexibility index (Phi) is 8.21. The number of esters is 1. The Bertz CT molecular complexity index is 786. The summed E-state index contributed by atoms with van der Waals surface area (Å²) >= 11 is 0. The molecular weight excluding hydrogens is 358 g/mol. The van der Waals surface area contributed by atoms with Crippen molar-refractivity contribution in [1.82, 2.24) is 5.32 Å². The predicted octanol–water partition coefficient (Wildman–Crippen LogP) is 2.49. The number of aryl methyl sites for hydroxylation is 1. The highest BCUT2D eigenvalue weighted by molar-refractivity contribution is 5.88. The maximum absolute atomic E-state index is 12.0. The summed E-state index contributed by atoms with van der Waals surface area (Å²) in [6, 6.07) is 16.2. The zero-order chi connectivity index (χ0) is 20.4. The molecule has 2 rings (SSSR count). The van der Waals surface area contributed by atoms with Crippen LogP contribution in [0.4, 0.5) is 0 Å². The minimum atomic E-state index is -0.645. The minimum Gasteiger partial charge on any atom is -0.497 e. The van der Waals surface area contributed by atoms with Crippen LogP contribution < -0.4 is 10.1 Å². The van der Waals surface area contributed by atoms with Crippen molar-refractivity contribution >= 4 is 17.7 Å². The molecule has 0 radical (unpaired) electrons. The van der Waals surface area contributed by atoms with E-state index in [2.05, 4.69) is 5.32 Å². The van der Waals surface area contributed by atoms with Gasteiger partial charge in [0.1, 0.15) is 5.75 Å². The van der Waals surface area contributed by atoms with Crippen LogP contribution in [0.5, 0.6) is 5.75 Å². The smallest absolute Gasteiger partial charge is 0.306 e. The van der Waals surface area contributed by atoms with Gasteiger partial charge in [-0.3, -0.25) is 14.4 Å². The van der Waals surface area contributed by atoms with Gasteiger partial charge in [0.25, 0.3) is 5.91 Å². The van der Waals surface area contributed by atoms with E-state index in [9.17, 15) is 14.4 Å². The number of Topliss-reactive ketones (excluding diaryl/α,β-unsaturated/α-hetero) is 1. The molecule has 0 unspecified atom stereocenters. The van der Waals surface area contributed by atoms with Crippen LogP contribution in [-0.4, -0.2) is 37.4 Å². The quantitative estimate of drug-likeness (QED) is 0.638. The number of hydrogen-bond acceptors (Lipinski definition) is 5. The summed E-state index contributed by atoms with van der Waals surface area (Å²) in [7, 11) is 1.59. The number of hydrogen-bond donors (Lipinski definition) is 1. The lowest BCUT2D eigenvalue weighted by atomic mass is 10.0. The standard InChI is InChI=1S/C22H25NO5/c1-16(24)20(14-18-6-4-3-5-7-18)23-21(25)15-28-22(26)13-10-17-8-11-19(27-2)12-9-17/h3-9,11-12,20H,10,13-15H2,1-2H3,(H,23,25)/t20-/m0/s1. The second-order valence-corrected chi connectivity index (χ2v) is 6.43. The first-order valence-corrected chi connectivity index (χ1v) is 9.10. The van der Waals surface area contributed by atoms with Crippen molar-refractivity contribution in [2.24, 2.45) is 0 Å². The van der Waals surface area contributed by atoms with E-state index in [0.717, 1.165) is 16.9 Å². The fourth-order valence-corrected chi connectivity index (χ4v) is 2.64. The number of benzene rings is 2. The van der Waals surface area contributed by atoms with E-state index in [1.165, 1.54) is 6.92 Å². The normalized spacial score (nSPS) is 11.4. The van der Waals surface area contributed by atoms with E-state index in [-0.39, 0.29) is 12.2 Å². The van der Waals surface area contributed by atoms with Crippen LogP contribution in [0.15, 0.2) is 54.6 Å². The van der Waals surface area contributed by atoms with Gasteiger partial charge in [0.05, 0.1) is 13.2 Å². The molecule has 1 N–H and O–H groups in total. The third-order valence-corrected chi connectivity index (χ3v) is 4.25. The molecule has 6 nitrogen and oxygen atoms in total. The summed E-state index contributed by atoms with van der Waals surface area (Å²) in [6.07, 6.45) is 1.07. The average molecular weight is 383 g/mol. The first kappa shape index (κ1) is 21.2. The largest absolute Gasteiger partial charge is 0.497 e. The second-order valence-electron chi connectivity index (χ2n) is 6.43. The fraction of sp³-hybridized carbons (Fsp3) is 0.318. The van der Waals surface area contributed by atoms with Gasteiger partial charge in [0.2, 0.25) is 0 Å². The van der Waals surface area contributed by atoms with Gasteiger partial charge >= 0.3 is 5.97 Å². The van der Waals surface area contributed by atoms with Crippen molar-refractivity contribution in [2.45, 2.75) is 32.2 Å². The van der Waals surface area contributed by atoms with Gasteiger partial charge in [-0.15, -0.1) is 0 Å². The molecule has 0 spiro atoms. The van der Waals surface area contributed by atoms with Gasteiger partial charge in [0.15, 0.2) is 12.4 Å². The molecule has 2 aromatic rings. The Morgan fingerprint density at radius 2 is 1.64 bits per heavy atom. The third kappa shape index (κ3) is 7.23. The number of nitrogens with one attached hydrogen (secondary N) is 1. The zero-order valence-electron chi connectivity index (χ0n) is 16.1. The lowest BCUT2D eigenvalue weighted by molar-refractivity contribution is -0.148. The van der Waals surface area contributed by atoms with Crippen LogP contribution in [0.3, 0.4) is 0 Å². The molecule has 0 aliphatic rings. The SMILES string of the molecule is COc1ccc(CCC(=O)OCC(=O)N[C@@H](Cc2ccccc2)C(C)=O)cc1.